The third-order valence-electron chi connectivity index (χ3n) is 4.22. The number of nitrogens with zero attached hydrogens (tertiary/aromatic N) is 4. The molecule has 5 nitrogen and oxygen atoms in total. The van der Waals surface area contributed by atoms with Gasteiger partial charge in [-0.3, -0.25) is 0 Å². The summed E-state index contributed by atoms with van der Waals surface area (Å²) in [5.41, 5.74) is 8.92. The van der Waals surface area contributed by atoms with Gasteiger partial charge >= 0.3 is 0 Å². The predicted molar refractivity (Wildman–Crippen MR) is 74.5 cm³/mol. The van der Waals surface area contributed by atoms with Crippen molar-refractivity contribution in [1.82, 2.24) is 20.2 Å². The number of aryl methyl sites for hydroxylation is 1. The fourth-order valence-electron chi connectivity index (χ4n) is 2.93. The van der Waals surface area contributed by atoms with E-state index in [1.165, 1.54) is 6.42 Å². The van der Waals surface area contributed by atoms with E-state index in [1.54, 1.807) is 0 Å². The lowest BCUT2D eigenvalue weighted by molar-refractivity contribution is 0.118. The first-order valence-corrected chi connectivity index (χ1v) is 6.81. The zero-order valence-electron chi connectivity index (χ0n) is 11.4. The molecule has 1 fully saturated rings. The fraction of sp³-hybridized carbons (Fsp3) is 0.500. The number of nitrogen functional groups attached to an aromatic ring is 1. The molecule has 0 atom stereocenters. The Morgan fingerprint density at radius 1 is 1.32 bits per heavy atom. The number of benzene rings is 1. The average Bonchev–Trinajstić information content (AvgIpc) is 2.76. The number of nitrogens with two attached hydrogens (primary N) is 1. The van der Waals surface area contributed by atoms with Crippen molar-refractivity contribution in [2.75, 3.05) is 5.73 Å². The molecule has 19 heavy (non-hydrogen) atoms. The third kappa shape index (κ3) is 1.89. The molecule has 1 aromatic carbocycles. The Morgan fingerprint density at radius 3 is 2.68 bits per heavy atom. The molecule has 1 aromatic heterocycles. The van der Waals surface area contributed by atoms with E-state index in [-0.39, 0.29) is 5.54 Å². The molecule has 0 spiro atoms. The van der Waals surface area contributed by atoms with Crippen LogP contribution in [0.4, 0.5) is 5.69 Å². The smallest absolute Gasteiger partial charge is 0.182 e. The van der Waals surface area contributed by atoms with Crippen molar-refractivity contribution in [3.05, 3.63) is 23.8 Å². The quantitative estimate of drug-likeness (QED) is 0.858. The van der Waals surface area contributed by atoms with E-state index in [0.29, 0.717) is 0 Å². The van der Waals surface area contributed by atoms with Crippen LogP contribution in [0.15, 0.2) is 18.2 Å². The molecule has 0 amide bonds. The summed E-state index contributed by atoms with van der Waals surface area (Å²) >= 11 is 0. The molecule has 0 unspecified atom stereocenters. The first-order chi connectivity index (χ1) is 9.14. The molecule has 2 N–H and O–H groups in total. The van der Waals surface area contributed by atoms with Crippen molar-refractivity contribution in [2.45, 2.75) is 45.1 Å². The van der Waals surface area contributed by atoms with E-state index >= 15 is 0 Å². The van der Waals surface area contributed by atoms with Gasteiger partial charge in [0.05, 0.1) is 5.54 Å². The Balaban J connectivity index is 2.09. The van der Waals surface area contributed by atoms with Crippen LogP contribution in [0, 0.1) is 6.92 Å². The van der Waals surface area contributed by atoms with E-state index in [0.717, 1.165) is 41.9 Å². The van der Waals surface area contributed by atoms with Gasteiger partial charge in [-0.25, -0.2) is 4.68 Å². The Kier molecular flexibility index (Phi) is 2.77. The van der Waals surface area contributed by atoms with E-state index in [1.807, 2.05) is 23.7 Å². The van der Waals surface area contributed by atoms with Gasteiger partial charge in [0.2, 0.25) is 0 Å². The van der Waals surface area contributed by atoms with Crippen molar-refractivity contribution in [1.29, 1.82) is 0 Å². The van der Waals surface area contributed by atoms with Crippen molar-refractivity contribution in [2.24, 2.45) is 0 Å². The maximum atomic E-state index is 5.93. The van der Waals surface area contributed by atoms with Crippen LogP contribution in [0.5, 0.6) is 0 Å². The second-order valence-electron chi connectivity index (χ2n) is 5.48. The molecule has 0 saturated heterocycles. The van der Waals surface area contributed by atoms with Crippen molar-refractivity contribution >= 4 is 5.69 Å². The fourth-order valence-corrected chi connectivity index (χ4v) is 2.93. The molecule has 0 bridgehead atoms. The monoisotopic (exact) mass is 257 g/mol. The highest BCUT2D eigenvalue weighted by Gasteiger charge is 2.40. The summed E-state index contributed by atoms with van der Waals surface area (Å²) in [6.07, 6.45) is 4.63. The molecule has 0 radical (unpaired) electrons. The van der Waals surface area contributed by atoms with E-state index in [9.17, 15) is 0 Å². The van der Waals surface area contributed by atoms with Crippen LogP contribution in [0.25, 0.3) is 11.4 Å². The van der Waals surface area contributed by atoms with Crippen molar-refractivity contribution < 1.29 is 0 Å². The molecule has 1 aliphatic carbocycles. The van der Waals surface area contributed by atoms with Gasteiger partial charge in [-0.15, -0.1) is 5.10 Å². The first-order valence-electron chi connectivity index (χ1n) is 6.81. The summed E-state index contributed by atoms with van der Waals surface area (Å²) in [5.74, 6) is 0.831. The van der Waals surface area contributed by atoms with Crippen LogP contribution in [0.3, 0.4) is 0 Å². The van der Waals surface area contributed by atoms with Gasteiger partial charge in [0, 0.05) is 11.3 Å². The van der Waals surface area contributed by atoms with Crippen molar-refractivity contribution in [3.63, 3.8) is 0 Å². The number of aromatic nitrogens is 4. The van der Waals surface area contributed by atoms with Gasteiger partial charge in [0.25, 0.3) is 0 Å². The van der Waals surface area contributed by atoms with E-state index in [4.69, 9.17) is 5.73 Å². The SMILES string of the molecule is CCC1(n2nnnc2-c2cc(C)cc(N)c2)CCC1. The Hall–Kier alpha value is -1.91. The van der Waals surface area contributed by atoms with Gasteiger partial charge in [-0.05, 0) is 66.8 Å². The standard InChI is InChI=1S/C14H19N5/c1-3-14(5-4-6-14)19-13(16-17-18-19)11-7-10(2)8-12(15)9-11/h7-9H,3-6,15H2,1-2H3. The van der Waals surface area contributed by atoms with Gasteiger partial charge in [0.15, 0.2) is 5.82 Å². The lowest BCUT2D eigenvalue weighted by atomic mass is 9.75. The summed E-state index contributed by atoms with van der Waals surface area (Å²) in [5, 5.41) is 12.3. The molecule has 1 aliphatic rings. The van der Waals surface area contributed by atoms with Crippen LogP contribution in [0.2, 0.25) is 0 Å². The lowest BCUT2D eigenvalue weighted by Crippen LogP contribution is -2.41. The second kappa shape index (κ2) is 4.33. The molecule has 100 valence electrons. The van der Waals surface area contributed by atoms with Crippen molar-refractivity contribution in [3.8, 4) is 11.4 Å². The number of hydrogen-bond acceptors (Lipinski definition) is 4. The lowest BCUT2D eigenvalue weighted by Gasteiger charge is -2.41. The van der Waals surface area contributed by atoms with Crippen LogP contribution in [0.1, 0.15) is 38.2 Å². The predicted octanol–water partition coefficient (Wildman–Crippen LogP) is 2.52. The highest BCUT2D eigenvalue weighted by Crippen LogP contribution is 2.43. The second-order valence-corrected chi connectivity index (χ2v) is 5.48. The zero-order valence-corrected chi connectivity index (χ0v) is 11.4. The summed E-state index contributed by atoms with van der Waals surface area (Å²) in [6, 6.07) is 5.98. The number of rotatable bonds is 3. The summed E-state index contributed by atoms with van der Waals surface area (Å²) in [7, 11) is 0. The van der Waals surface area contributed by atoms with Crippen LogP contribution >= 0.6 is 0 Å². The van der Waals surface area contributed by atoms with Gasteiger partial charge in [-0.1, -0.05) is 6.92 Å². The summed E-state index contributed by atoms with van der Waals surface area (Å²) < 4.78 is 2.00. The molecular weight excluding hydrogens is 238 g/mol. The van der Waals surface area contributed by atoms with Gasteiger partial charge in [0.1, 0.15) is 0 Å². The summed E-state index contributed by atoms with van der Waals surface area (Å²) in [4.78, 5) is 0. The Morgan fingerprint density at radius 2 is 2.11 bits per heavy atom. The average molecular weight is 257 g/mol. The van der Waals surface area contributed by atoms with Gasteiger partial charge < -0.3 is 5.73 Å². The third-order valence-corrected chi connectivity index (χ3v) is 4.22. The molecule has 3 rings (SSSR count). The van der Waals surface area contributed by atoms with Gasteiger partial charge in [-0.2, -0.15) is 0 Å². The molecule has 1 heterocycles. The van der Waals surface area contributed by atoms with E-state index < -0.39 is 0 Å². The summed E-state index contributed by atoms with van der Waals surface area (Å²) in [6.45, 7) is 4.24. The minimum absolute atomic E-state index is 0.108. The number of tetrazole rings is 1. The van der Waals surface area contributed by atoms with Crippen LogP contribution < -0.4 is 5.73 Å². The molecule has 0 aliphatic heterocycles. The highest BCUT2D eigenvalue weighted by molar-refractivity contribution is 5.62. The Labute approximate surface area is 112 Å². The van der Waals surface area contributed by atoms with Crippen LogP contribution in [-0.4, -0.2) is 20.2 Å². The molecular formula is C14H19N5. The maximum absolute atomic E-state index is 5.93. The first kappa shape index (κ1) is 12.1. The van der Waals surface area contributed by atoms with E-state index in [2.05, 4.69) is 28.5 Å². The zero-order chi connectivity index (χ0) is 13.5. The molecule has 5 heteroatoms. The number of hydrogen-bond donors (Lipinski definition) is 1. The normalized spacial score (nSPS) is 17.2. The minimum Gasteiger partial charge on any atom is -0.399 e. The minimum atomic E-state index is 0.108. The molecule has 1 saturated carbocycles. The largest absolute Gasteiger partial charge is 0.399 e. The van der Waals surface area contributed by atoms with Crippen LogP contribution in [-0.2, 0) is 5.54 Å². The maximum Gasteiger partial charge on any atom is 0.182 e. The topological polar surface area (TPSA) is 69.6 Å². The molecule has 2 aromatic rings. The Bertz CT molecular complexity index is 572. The highest BCUT2D eigenvalue weighted by atomic mass is 15.6. The number of anilines is 1.